The van der Waals surface area contributed by atoms with Crippen LogP contribution in [0, 0.1) is 0 Å². The van der Waals surface area contributed by atoms with Gasteiger partial charge >= 0.3 is 0 Å². The van der Waals surface area contributed by atoms with Gasteiger partial charge in [0.15, 0.2) is 0 Å². The summed E-state index contributed by atoms with van der Waals surface area (Å²) in [6.45, 7) is 0.652. The second-order valence-electron chi connectivity index (χ2n) is 5.88. The summed E-state index contributed by atoms with van der Waals surface area (Å²) in [5.74, 6) is 1.96. The number of aryl methyl sites for hydroxylation is 1. The molecule has 1 N–H and O–H groups in total. The lowest BCUT2D eigenvalue weighted by molar-refractivity contribution is -0.121. The third-order valence-electron chi connectivity index (χ3n) is 3.80. The zero-order valence-corrected chi connectivity index (χ0v) is 16.3. The molecule has 7 heteroatoms. The highest BCUT2D eigenvalue weighted by Gasteiger charge is 2.09. The van der Waals surface area contributed by atoms with E-state index in [4.69, 9.17) is 16.1 Å². The third-order valence-corrected chi connectivity index (χ3v) is 5.07. The number of nitrogens with one attached hydrogen (secondary N) is 1. The summed E-state index contributed by atoms with van der Waals surface area (Å²) in [6, 6.07) is 17.4. The SMILES string of the molecule is O=C(CCCc1nc(-c2ccc(Cl)cc2)no1)NCCSc1ccccc1. The van der Waals surface area contributed by atoms with Crippen molar-refractivity contribution in [2.24, 2.45) is 0 Å². The maximum atomic E-state index is 11.9. The lowest BCUT2D eigenvalue weighted by atomic mass is 10.2. The van der Waals surface area contributed by atoms with E-state index in [1.165, 1.54) is 4.90 Å². The first-order chi connectivity index (χ1) is 13.2. The molecule has 5 nitrogen and oxygen atoms in total. The van der Waals surface area contributed by atoms with E-state index in [9.17, 15) is 4.79 Å². The average molecular weight is 402 g/mol. The molecule has 0 aliphatic heterocycles. The van der Waals surface area contributed by atoms with Crippen LogP contribution in [0.3, 0.4) is 0 Å². The van der Waals surface area contributed by atoms with Gasteiger partial charge in [0.25, 0.3) is 0 Å². The first-order valence-electron chi connectivity index (χ1n) is 8.74. The number of rotatable bonds is 9. The third kappa shape index (κ3) is 6.41. The molecule has 0 saturated carbocycles. The van der Waals surface area contributed by atoms with Gasteiger partial charge in [-0.3, -0.25) is 4.79 Å². The van der Waals surface area contributed by atoms with Crippen LogP contribution in [-0.4, -0.2) is 28.3 Å². The topological polar surface area (TPSA) is 68.0 Å². The summed E-state index contributed by atoms with van der Waals surface area (Å²) >= 11 is 7.60. The highest BCUT2D eigenvalue weighted by Crippen LogP contribution is 2.19. The molecule has 3 rings (SSSR count). The molecule has 0 saturated heterocycles. The molecule has 0 radical (unpaired) electrons. The van der Waals surface area contributed by atoms with Crippen LogP contribution in [0.1, 0.15) is 18.7 Å². The van der Waals surface area contributed by atoms with Crippen LogP contribution in [0.2, 0.25) is 5.02 Å². The van der Waals surface area contributed by atoms with Crippen molar-refractivity contribution >= 4 is 29.3 Å². The van der Waals surface area contributed by atoms with E-state index in [1.807, 2.05) is 30.3 Å². The van der Waals surface area contributed by atoms with Crippen molar-refractivity contribution in [3.05, 3.63) is 65.5 Å². The van der Waals surface area contributed by atoms with E-state index < -0.39 is 0 Å². The second kappa shape index (κ2) is 10.1. The zero-order valence-electron chi connectivity index (χ0n) is 14.7. The number of nitrogens with zero attached hydrogens (tertiary/aromatic N) is 2. The van der Waals surface area contributed by atoms with Gasteiger partial charge in [-0.2, -0.15) is 4.98 Å². The number of aromatic nitrogens is 2. The van der Waals surface area contributed by atoms with Gasteiger partial charge in [0.05, 0.1) is 0 Å². The molecule has 0 aliphatic carbocycles. The van der Waals surface area contributed by atoms with Crippen LogP contribution in [0.4, 0.5) is 0 Å². The Morgan fingerprint density at radius 1 is 1.11 bits per heavy atom. The quantitative estimate of drug-likeness (QED) is 0.418. The highest BCUT2D eigenvalue weighted by molar-refractivity contribution is 7.99. The van der Waals surface area contributed by atoms with Crippen LogP contribution in [0.5, 0.6) is 0 Å². The normalized spacial score (nSPS) is 10.7. The first kappa shape index (κ1) is 19.5. The second-order valence-corrected chi connectivity index (χ2v) is 7.49. The summed E-state index contributed by atoms with van der Waals surface area (Å²) in [4.78, 5) is 17.5. The minimum Gasteiger partial charge on any atom is -0.355 e. The molecular weight excluding hydrogens is 382 g/mol. The van der Waals surface area contributed by atoms with Gasteiger partial charge < -0.3 is 9.84 Å². The largest absolute Gasteiger partial charge is 0.355 e. The van der Waals surface area contributed by atoms with Gasteiger partial charge in [0.2, 0.25) is 17.6 Å². The molecule has 1 aromatic heterocycles. The molecule has 0 unspecified atom stereocenters. The number of hydrogen-bond acceptors (Lipinski definition) is 5. The minimum atomic E-state index is 0.0427. The fourth-order valence-electron chi connectivity index (χ4n) is 2.44. The van der Waals surface area contributed by atoms with Crippen molar-refractivity contribution in [2.45, 2.75) is 24.2 Å². The number of hydrogen-bond donors (Lipinski definition) is 1. The number of halogens is 1. The van der Waals surface area contributed by atoms with E-state index >= 15 is 0 Å². The van der Waals surface area contributed by atoms with E-state index in [0.717, 1.165) is 11.3 Å². The average Bonchev–Trinajstić information content (AvgIpc) is 3.15. The minimum absolute atomic E-state index is 0.0427. The van der Waals surface area contributed by atoms with Gasteiger partial charge in [-0.05, 0) is 42.8 Å². The molecule has 0 spiro atoms. The van der Waals surface area contributed by atoms with Gasteiger partial charge in [-0.25, -0.2) is 0 Å². The van der Waals surface area contributed by atoms with Crippen LogP contribution < -0.4 is 5.32 Å². The van der Waals surface area contributed by atoms with Gasteiger partial charge in [-0.15, -0.1) is 11.8 Å². The molecule has 0 aliphatic rings. The van der Waals surface area contributed by atoms with Crippen molar-refractivity contribution in [1.82, 2.24) is 15.5 Å². The Bertz CT molecular complexity index is 853. The first-order valence-corrected chi connectivity index (χ1v) is 10.1. The Hall–Kier alpha value is -2.31. The molecular formula is C20H20ClN3O2S. The fourth-order valence-corrected chi connectivity index (χ4v) is 3.35. The maximum absolute atomic E-state index is 11.9. The summed E-state index contributed by atoms with van der Waals surface area (Å²) < 4.78 is 5.25. The molecule has 27 heavy (non-hydrogen) atoms. The Morgan fingerprint density at radius 2 is 1.89 bits per heavy atom. The standard InChI is InChI=1S/C20H20ClN3O2S/c21-16-11-9-15(10-12-16)20-23-19(26-24-20)8-4-7-18(25)22-13-14-27-17-5-2-1-3-6-17/h1-3,5-6,9-12H,4,7-8,13-14H2,(H,22,25). The van der Waals surface area contributed by atoms with E-state index in [0.29, 0.717) is 42.5 Å². The van der Waals surface area contributed by atoms with E-state index in [-0.39, 0.29) is 5.91 Å². The summed E-state index contributed by atoms with van der Waals surface area (Å²) in [6.07, 6.45) is 1.68. The molecule has 0 atom stereocenters. The van der Waals surface area contributed by atoms with Crippen molar-refractivity contribution in [3.8, 4) is 11.4 Å². The lowest BCUT2D eigenvalue weighted by Gasteiger charge is -2.04. The number of carbonyl (C=O) groups is 1. The fraction of sp³-hybridized carbons (Fsp3) is 0.250. The highest BCUT2D eigenvalue weighted by atomic mass is 35.5. The van der Waals surface area contributed by atoms with Crippen molar-refractivity contribution < 1.29 is 9.32 Å². The van der Waals surface area contributed by atoms with Crippen LogP contribution >= 0.6 is 23.4 Å². The van der Waals surface area contributed by atoms with Gasteiger partial charge in [0.1, 0.15) is 0 Å². The van der Waals surface area contributed by atoms with E-state index in [2.05, 4.69) is 27.6 Å². The smallest absolute Gasteiger partial charge is 0.226 e. The monoisotopic (exact) mass is 401 g/mol. The van der Waals surface area contributed by atoms with Gasteiger partial charge in [-0.1, -0.05) is 35.0 Å². The van der Waals surface area contributed by atoms with Crippen LogP contribution in [-0.2, 0) is 11.2 Å². The molecule has 0 fully saturated rings. The van der Waals surface area contributed by atoms with Crippen molar-refractivity contribution in [3.63, 3.8) is 0 Å². The number of benzene rings is 2. The molecule has 1 heterocycles. The molecule has 140 valence electrons. The Balaban J connectivity index is 1.33. The van der Waals surface area contributed by atoms with Crippen molar-refractivity contribution in [2.75, 3.05) is 12.3 Å². The number of thioether (sulfide) groups is 1. The summed E-state index contributed by atoms with van der Waals surface area (Å²) in [5, 5.41) is 7.57. The Labute approximate surface area is 167 Å². The molecule has 0 bridgehead atoms. The molecule has 3 aromatic rings. The van der Waals surface area contributed by atoms with Crippen LogP contribution in [0.15, 0.2) is 64.0 Å². The summed E-state index contributed by atoms with van der Waals surface area (Å²) in [5.41, 5.74) is 0.850. The summed E-state index contributed by atoms with van der Waals surface area (Å²) in [7, 11) is 0. The van der Waals surface area contributed by atoms with E-state index in [1.54, 1.807) is 23.9 Å². The molecule has 2 aromatic carbocycles. The zero-order chi connectivity index (χ0) is 18.9. The van der Waals surface area contributed by atoms with Crippen LogP contribution in [0.25, 0.3) is 11.4 Å². The Kier molecular flexibility index (Phi) is 7.30. The maximum Gasteiger partial charge on any atom is 0.226 e. The lowest BCUT2D eigenvalue weighted by Crippen LogP contribution is -2.25. The predicted octanol–water partition coefficient (Wildman–Crippen LogP) is 4.62. The van der Waals surface area contributed by atoms with Gasteiger partial charge in [0, 0.05) is 40.6 Å². The van der Waals surface area contributed by atoms with Crippen molar-refractivity contribution in [1.29, 1.82) is 0 Å². The Morgan fingerprint density at radius 3 is 2.67 bits per heavy atom. The number of carbonyl (C=O) groups excluding carboxylic acids is 1. The number of amides is 1. The predicted molar refractivity (Wildman–Crippen MR) is 108 cm³/mol. The molecule has 1 amide bonds.